The molecule has 1 aliphatic heterocycles. The number of pyridine rings is 1. The minimum Gasteiger partial charge on any atom is -0.598 e. The van der Waals surface area contributed by atoms with Crippen LogP contribution >= 0.6 is 0 Å². The van der Waals surface area contributed by atoms with Crippen LogP contribution < -0.4 is 4.72 Å². The second-order valence-corrected chi connectivity index (χ2v) is 8.79. The van der Waals surface area contributed by atoms with E-state index in [0.29, 0.717) is 0 Å². The summed E-state index contributed by atoms with van der Waals surface area (Å²) < 4.78 is 15.4. The van der Waals surface area contributed by atoms with E-state index in [1.807, 2.05) is 40.0 Å². The highest BCUT2D eigenvalue weighted by Gasteiger charge is 2.30. The normalized spacial score (nSPS) is 19.1. The molecule has 0 saturated carbocycles. The fourth-order valence-corrected chi connectivity index (χ4v) is 3.03. The summed E-state index contributed by atoms with van der Waals surface area (Å²) in [4.78, 5) is 6.95. The first kappa shape index (κ1) is 16.7. The summed E-state index contributed by atoms with van der Waals surface area (Å²) >= 11 is -1.08. The van der Waals surface area contributed by atoms with Crippen LogP contribution in [0.25, 0.3) is 0 Å². The van der Waals surface area contributed by atoms with E-state index >= 15 is 0 Å². The van der Waals surface area contributed by atoms with Crippen molar-refractivity contribution in [3.63, 3.8) is 0 Å². The molecule has 0 bridgehead atoms. The quantitative estimate of drug-likeness (QED) is 0.821. The maximum atomic E-state index is 12.4. The molecule has 1 fully saturated rings. The van der Waals surface area contributed by atoms with Gasteiger partial charge in [0.1, 0.15) is 4.75 Å². The van der Waals surface area contributed by atoms with Gasteiger partial charge in [0, 0.05) is 24.1 Å². The largest absolute Gasteiger partial charge is 0.598 e. The predicted molar refractivity (Wildman–Crippen MR) is 88.4 cm³/mol. The number of hydrogen-bond donors (Lipinski definition) is 1. The van der Waals surface area contributed by atoms with Crippen LogP contribution in [0.4, 0.5) is 0 Å². The molecule has 5 heteroatoms. The van der Waals surface area contributed by atoms with E-state index in [0.717, 1.165) is 24.2 Å². The van der Waals surface area contributed by atoms with Crippen LogP contribution in [0.15, 0.2) is 18.3 Å². The van der Waals surface area contributed by atoms with Gasteiger partial charge in [0.15, 0.2) is 0 Å². The van der Waals surface area contributed by atoms with Crippen LogP contribution in [0.5, 0.6) is 0 Å². The van der Waals surface area contributed by atoms with Gasteiger partial charge in [0.05, 0.1) is 11.7 Å². The standard InChI is InChI=1S/C16H27N3OS/c1-13-6-7-14(17-12-13)15(8-11-19-9-5-10-19)18-21(20)16(2,3)4/h6-7,12,15,18H,5,8-11H2,1-4H3. The van der Waals surface area contributed by atoms with E-state index in [1.165, 1.54) is 19.5 Å². The zero-order valence-electron chi connectivity index (χ0n) is 13.6. The molecular weight excluding hydrogens is 282 g/mol. The lowest BCUT2D eigenvalue weighted by molar-refractivity contribution is 0.173. The number of aryl methyl sites for hydroxylation is 1. The maximum absolute atomic E-state index is 12.4. The number of hydrogen-bond acceptors (Lipinski definition) is 4. The average Bonchev–Trinajstić information content (AvgIpc) is 2.35. The summed E-state index contributed by atoms with van der Waals surface area (Å²) in [6.07, 6.45) is 4.13. The van der Waals surface area contributed by atoms with E-state index < -0.39 is 11.4 Å². The van der Waals surface area contributed by atoms with Gasteiger partial charge in [0.25, 0.3) is 0 Å². The van der Waals surface area contributed by atoms with Crippen LogP contribution in [0.2, 0.25) is 0 Å². The second-order valence-electron chi connectivity index (χ2n) is 6.80. The zero-order chi connectivity index (χ0) is 15.5. The lowest BCUT2D eigenvalue weighted by Crippen LogP contribution is -2.43. The van der Waals surface area contributed by atoms with Gasteiger partial charge < -0.3 is 9.45 Å². The van der Waals surface area contributed by atoms with Crippen LogP contribution in [-0.4, -0.2) is 38.8 Å². The van der Waals surface area contributed by atoms with Crippen molar-refractivity contribution in [2.75, 3.05) is 19.6 Å². The fraction of sp³-hybridized carbons (Fsp3) is 0.688. The minimum absolute atomic E-state index is 0.0475. The Bertz CT molecular complexity index is 440. The Morgan fingerprint density at radius 1 is 1.38 bits per heavy atom. The van der Waals surface area contributed by atoms with Crippen molar-refractivity contribution in [3.05, 3.63) is 29.6 Å². The monoisotopic (exact) mass is 309 g/mol. The SMILES string of the molecule is Cc1ccc(C(CCN2CCC2)N[S+]([O-])C(C)(C)C)nc1. The van der Waals surface area contributed by atoms with E-state index in [9.17, 15) is 4.55 Å². The highest BCUT2D eigenvalue weighted by atomic mass is 32.2. The lowest BCUT2D eigenvalue weighted by atomic mass is 10.1. The van der Waals surface area contributed by atoms with Gasteiger partial charge in [-0.05, 0) is 65.3 Å². The molecule has 0 radical (unpaired) electrons. The summed E-state index contributed by atoms with van der Waals surface area (Å²) in [5.74, 6) is 0. The molecule has 1 N–H and O–H groups in total. The van der Waals surface area contributed by atoms with E-state index in [-0.39, 0.29) is 10.8 Å². The Morgan fingerprint density at radius 3 is 2.57 bits per heavy atom. The predicted octanol–water partition coefficient (Wildman–Crippen LogP) is 2.58. The smallest absolute Gasteiger partial charge is 0.136 e. The maximum Gasteiger partial charge on any atom is 0.136 e. The van der Waals surface area contributed by atoms with Gasteiger partial charge in [-0.1, -0.05) is 6.07 Å². The van der Waals surface area contributed by atoms with Crippen molar-refractivity contribution in [2.24, 2.45) is 0 Å². The summed E-state index contributed by atoms with van der Waals surface area (Å²) in [5, 5.41) is 0. The Hall–Kier alpha value is -0.620. The van der Waals surface area contributed by atoms with Crippen molar-refractivity contribution in [1.82, 2.24) is 14.6 Å². The third-order valence-electron chi connectivity index (χ3n) is 3.78. The van der Waals surface area contributed by atoms with Crippen molar-refractivity contribution in [3.8, 4) is 0 Å². The van der Waals surface area contributed by atoms with Gasteiger partial charge in [-0.2, -0.15) is 0 Å². The van der Waals surface area contributed by atoms with E-state index in [1.54, 1.807) is 0 Å². The highest BCUT2D eigenvalue weighted by Crippen LogP contribution is 2.22. The Labute approximate surface area is 131 Å². The molecule has 0 aromatic carbocycles. The molecule has 1 saturated heterocycles. The second kappa shape index (κ2) is 7.09. The molecule has 4 nitrogen and oxygen atoms in total. The third kappa shape index (κ3) is 4.95. The van der Waals surface area contributed by atoms with Crippen molar-refractivity contribution < 1.29 is 4.55 Å². The molecule has 1 aromatic heterocycles. The zero-order valence-corrected chi connectivity index (χ0v) is 14.4. The van der Waals surface area contributed by atoms with Gasteiger partial charge >= 0.3 is 0 Å². The number of nitrogens with zero attached hydrogens (tertiary/aromatic N) is 2. The van der Waals surface area contributed by atoms with Gasteiger partial charge in [-0.3, -0.25) is 4.98 Å². The first-order valence-corrected chi connectivity index (χ1v) is 8.84. The molecule has 1 aromatic rings. The number of aromatic nitrogens is 1. The van der Waals surface area contributed by atoms with Gasteiger partial charge in [-0.15, -0.1) is 4.72 Å². The molecule has 1 aliphatic rings. The molecule has 2 rings (SSSR count). The summed E-state index contributed by atoms with van der Waals surface area (Å²) in [6.45, 7) is 11.4. The fourth-order valence-electron chi connectivity index (χ4n) is 2.18. The minimum atomic E-state index is -1.08. The topological polar surface area (TPSA) is 51.2 Å². The molecule has 0 spiro atoms. The van der Waals surface area contributed by atoms with Crippen LogP contribution in [0, 0.1) is 6.92 Å². The molecule has 118 valence electrons. The molecule has 0 amide bonds. The molecular formula is C16H27N3OS. The molecule has 2 unspecified atom stereocenters. The molecule has 21 heavy (non-hydrogen) atoms. The lowest BCUT2D eigenvalue weighted by Gasteiger charge is -2.33. The Morgan fingerprint density at radius 2 is 2.10 bits per heavy atom. The first-order chi connectivity index (χ1) is 9.86. The first-order valence-electron chi connectivity index (χ1n) is 7.69. The van der Waals surface area contributed by atoms with Crippen LogP contribution in [-0.2, 0) is 11.4 Å². The van der Waals surface area contributed by atoms with Crippen LogP contribution in [0.3, 0.4) is 0 Å². The van der Waals surface area contributed by atoms with Crippen LogP contribution in [0.1, 0.15) is 50.9 Å². The van der Waals surface area contributed by atoms with Gasteiger partial charge in [0.2, 0.25) is 0 Å². The van der Waals surface area contributed by atoms with Gasteiger partial charge in [-0.25, -0.2) is 0 Å². The van der Waals surface area contributed by atoms with Crippen molar-refractivity contribution in [1.29, 1.82) is 0 Å². The summed E-state index contributed by atoms with van der Waals surface area (Å²) in [6, 6.07) is 4.16. The number of likely N-dealkylation sites (tertiary alicyclic amines) is 1. The molecule has 2 heterocycles. The highest BCUT2D eigenvalue weighted by molar-refractivity contribution is 7.90. The molecule has 2 atom stereocenters. The Kier molecular flexibility index (Phi) is 5.66. The average molecular weight is 309 g/mol. The third-order valence-corrected chi connectivity index (χ3v) is 5.39. The number of nitrogens with one attached hydrogen (secondary N) is 1. The molecule has 0 aliphatic carbocycles. The Balaban J connectivity index is 2.03. The number of rotatable bonds is 6. The van der Waals surface area contributed by atoms with E-state index in [4.69, 9.17) is 0 Å². The van der Waals surface area contributed by atoms with Crippen molar-refractivity contribution >= 4 is 11.4 Å². The summed E-state index contributed by atoms with van der Waals surface area (Å²) in [7, 11) is 0. The summed E-state index contributed by atoms with van der Waals surface area (Å²) in [5.41, 5.74) is 2.14. The van der Waals surface area contributed by atoms with Crippen molar-refractivity contribution in [2.45, 2.75) is 51.3 Å². The van der Waals surface area contributed by atoms with E-state index in [2.05, 4.69) is 20.7 Å².